The summed E-state index contributed by atoms with van der Waals surface area (Å²) in [5, 5.41) is 13.3. The SMILES string of the molecule is CNCCCNS(=O)(=O)c1ccc([N+](=O)[O-])cc1Cl.Cl. The molecular formula is C10H15Cl2N3O4S. The van der Waals surface area contributed by atoms with Gasteiger partial charge in [-0.1, -0.05) is 11.6 Å². The highest BCUT2D eigenvalue weighted by atomic mass is 35.5. The highest BCUT2D eigenvalue weighted by Crippen LogP contribution is 2.25. The van der Waals surface area contributed by atoms with E-state index in [9.17, 15) is 18.5 Å². The van der Waals surface area contributed by atoms with E-state index in [1.165, 1.54) is 0 Å². The maximum Gasteiger partial charge on any atom is 0.271 e. The Bertz CT molecular complexity index is 566. The summed E-state index contributed by atoms with van der Waals surface area (Å²) < 4.78 is 26.2. The molecule has 0 unspecified atom stereocenters. The normalized spacial score (nSPS) is 10.9. The second-order valence-corrected chi connectivity index (χ2v) is 5.87. The molecule has 0 saturated carbocycles. The predicted molar refractivity (Wildman–Crippen MR) is 79.1 cm³/mol. The van der Waals surface area contributed by atoms with Crippen LogP contribution in [-0.2, 0) is 10.0 Å². The zero-order valence-corrected chi connectivity index (χ0v) is 13.0. The average molecular weight is 344 g/mol. The molecule has 0 aromatic heterocycles. The maximum atomic E-state index is 11.9. The number of nitro groups is 1. The van der Waals surface area contributed by atoms with E-state index in [1.54, 1.807) is 7.05 Å². The summed E-state index contributed by atoms with van der Waals surface area (Å²) in [6, 6.07) is 3.25. The van der Waals surface area contributed by atoms with Crippen LogP contribution in [0.4, 0.5) is 5.69 Å². The van der Waals surface area contributed by atoms with E-state index < -0.39 is 14.9 Å². The van der Waals surface area contributed by atoms with Crippen LogP contribution >= 0.6 is 24.0 Å². The van der Waals surface area contributed by atoms with Gasteiger partial charge >= 0.3 is 0 Å². The minimum atomic E-state index is -3.75. The Morgan fingerprint density at radius 2 is 2.00 bits per heavy atom. The lowest BCUT2D eigenvalue weighted by Gasteiger charge is -2.08. The van der Waals surface area contributed by atoms with Crippen molar-refractivity contribution in [1.29, 1.82) is 0 Å². The highest BCUT2D eigenvalue weighted by molar-refractivity contribution is 7.89. The Hall–Kier alpha value is -0.930. The van der Waals surface area contributed by atoms with Crippen LogP contribution in [0.15, 0.2) is 23.1 Å². The molecule has 0 amide bonds. The predicted octanol–water partition coefficient (Wildman–Crippen LogP) is 1.56. The van der Waals surface area contributed by atoms with Crippen molar-refractivity contribution in [3.8, 4) is 0 Å². The van der Waals surface area contributed by atoms with Gasteiger partial charge in [0.2, 0.25) is 10.0 Å². The first-order valence-corrected chi connectivity index (χ1v) is 7.33. The fourth-order valence-electron chi connectivity index (χ4n) is 1.37. The summed E-state index contributed by atoms with van der Waals surface area (Å²) >= 11 is 5.76. The smallest absolute Gasteiger partial charge is 0.271 e. The van der Waals surface area contributed by atoms with Gasteiger partial charge in [-0.15, -0.1) is 12.4 Å². The third-order valence-corrected chi connectivity index (χ3v) is 4.26. The number of hydrogen-bond donors (Lipinski definition) is 2. The van der Waals surface area contributed by atoms with Gasteiger partial charge in [-0.25, -0.2) is 13.1 Å². The van der Waals surface area contributed by atoms with Crippen molar-refractivity contribution in [1.82, 2.24) is 10.0 Å². The molecule has 0 saturated heterocycles. The summed E-state index contributed by atoms with van der Waals surface area (Å²) in [7, 11) is -1.98. The van der Waals surface area contributed by atoms with Gasteiger partial charge in [-0.3, -0.25) is 10.1 Å². The van der Waals surface area contributed by atoms with Crippen molar-refractivity contribution >= 4 is 39.7 Å². The third kappa shape index (κ3) is 5.22. The summed E-state index contributed by atoms with van der Waals surface area (Å²) in [4.78, 5) is 9.73. The van der Waals surface area contributed by atoms with Crippen molar-refractivity contribution in [2.75, 3.05) is 20.1 Å². The fraction of sp³-hybridized carbons (Fsp3) is 0.400. The van der Waals surface area contributed by atoms with Gasteiger partial charge in [0.15, 0.2) is 0 Å². The number of sulfonamides is 1. The van der Waals surface area contributed by atoms with E-state index in [2.05, 4.69) is 10.0 Å². The Labute approximate surface area is 128 Å². The Morgan fingerprint density at radius 3 is 2.50 bits per heavy atom. The molecule has 114 valence electrons. The highest BCUT2D eigenvalue weighted by Gasteiger charge is 2.19. The van der Waals surface area contributed by atoms with Gasteiger partial charge in [0.1, 0.15) is 4.90 Å². The molecule has 0 heterocycles. The van der Waals surface area contributed by atoms with Crippen LogP contribution in [0.2, 0.25) is 5.02 Å². The number of nitro benzene ring substituents is 1. The van der Waals surface area contributed by atoms with Crippen molar-refractivity contribution in [3.63, 3.8) is 0 Å². The molecule has 20 heavy (non-hydrogen) atoms. The number of halogens is 2. The largest absolute Gasteiger partial charge is 0.320 e. The number of non-ortho nitro benzene ring substituents is 1. The fourth-order valence-corrected chi connectivity index (χ4v) is 2.98. The molecule has 0 aliphatic heterocycles. The molecule has 0 atom stereocenters. The monoisotopic (exact) mass is 343 g/mol. The first kappa shape index (κ1) is 19.1. The lowest BCUT2D eigenvalue weighted by atomic mass is 10.3. The topological polar surface area (TPSA) is 101 Å². The van der Waals surface area contributed by atoms with E-state index >= 15 is 0 Å². The van der Waals surface area contributed by atoms with Gasteiger partial charge in [0.25, 0.3) is 5.69 Å². The van der Waals surface area contributed by atoms with Crippen molar-refractivity contribution in [2.45, 2.75) is 11.3 Å². The quantitative estimate of drug-likeness (QED) is 0.444. The molecule has 10 heteroatoms. The standard InChI is InChI=1S/C10H14ClN3O4S.ClH/c1-12-5-2-6-13-19(17,18)10-4-3-8(14(15)16)7-9(10)11;/h3-4,7,12-13H,2,5-6H2,1H3;1H. The van der Waals surface area contributed by atoms with Gasteiger partial charge in [-0.05, 0) is 26.1 Å². The van der Waals surface area contributed by atoms with Crippen LogP contribution in [0, 0.1) is 10.1 Å². The van der Waals surface area contributed by atoms with E-state index in [-0.39, 0.29) is 34.6 Å². The van der Waals surface area contributed by atoms with E-state index in [4.69, 9.17) is 11.6 Å². The Kier molecular flexibility index (Phi) is 7.99. The lowest BCUT2D eigenvalue weighted by Crippen LogP contribution is -2.27. The molecule has 0 radical (unpaired) electrons. The molecule has 0 spiro atoms. The number of hydrogen-bond acceptors (Lipinski definition) is 5. The van der Waals surface area contributed by atoms with Crippen LogP contribution in [-0.4, -0.2) is 33.5 Å². The van der Waals surface area contributed by atoms with Crippen LogP contribution < -0.4 is 10.0 Å². The van der Waals surface area contributed by atoms with Crippen LogP contribution in [0.3, 0.4) is 0 Å². The molecule has 2 N–H and O–H groups in total. The average Bonchev–Trinajstić information content (AvgIpc) is 2.34. The first-order valence-electron chi connectivity index (χ1n) is 5.46. The maximum absolute atomic E-state index is 11.9. The van der Waals surface area contributed by atoms with Gasteiger partial charge in [-0.2, -0.15) is 0 Å². The number of rotatable bonds is 7. The van der Waals surface area contributed by atoms with E-state index in [1.807, 2.05) is 0 Å². The zero-order valence-electron chi connectivity index (χ0n) is 10.6. The first-order chi connectivity index (χ1) is 8.88. The second kappa shape index (κ2) is 8.38. The summed E-state index contributed by atoms with van der Waals surface area (Å²) in [6.45, 7) is 0.938. The van der Waals surface area contributed by atoms with Crippen LogP contribution in [0.5, 0.6) is 0 Å². The van der Waals surface area contributed by atoms with Gasteiger partial charge < -0.3 is 5.32 Å². The molecule has 1 rings (SSSR count). The molecule has 0 bridgehead atoms. The third-order valence-electron chi connectivity index (χ3n) is 2.31. The zero-order chi connectivity index (χ0) is 14.5. The molecule has 0 fully saturated rings. The number of nitrogens with zero attached hydrogens (tertiary/aromatic N) is 1. The van der Waals surface area contributed by atoms with Gasteiger partial charge in [0, 0.05) is 18.7 Å². The minimum Gasteiger partial charge on any atom is -0.320 e. The minimum absolute atomic E-state index is 0. The molecule has 7 nitrogen and oxygen atoms in total. The number of benzene rings is 1. The molecule has 1 aromatic rings. The van der Waals surface area contributed by atoms with E-state index in [0.717, 1.165) is 18.2 Å². The molecule has 0 aliphatic carbocycles. The lowest BCUT2D eigenvalue weighted by molar-refractivity contribution is -0.384. The van der Waals surface area contributed by atoms with Crippen molar-refractivity contribution in [2.24, 2.45) is 0 Å². The van der Waals surface area contributed by atoms with E-state index in [0.29, 0.717) is 13.0 Å². The molecular weight excluding hydrogens is 329 g/mol. The number of nitrogens with one attached hydrogen (secondary N) is 2. The van der Waals surface area contributed by atoms with Crippen LogP contribution in [0.1, 0.15) is 6.42 Å². The Morgan fingerprint density at radius 1 is 1.35 bits per heavy atom. The second-order valence-electron chi connectivity index (χ2n) is 3.73. The molecule has 1 aromatic carbocycles. The summed E-state index contributed by atoms with van der Waals surface area (Å²) in [5.74, 6) is 0. The molecule has 0 aliphatic rings. The summed E-state index contributed by atoms with van der Waals surface area (Å²) in [6.07, 6.45) is 0.625. The van der Waals surface area contributed by atoms with Crippen molar-refractivity contribution < 1.29 is 13.3 Å². The summed E-state index contributed by atoms with van der Waals surface area (Å²) in [5.41, 5.74) is -0.251. The Balaban J connectivity index is 0.00000361. The van der Waals surface area contributed by atoms with Crippen LogP contribution in [0.25, 0.3) is 0 Å². The van der Waals surface area contributed by atoms with Crippen molar-refractivity contribution in [3.05, 3.63) is 33.3 Å². The van der Waals surface area contributed by atoms with Gasteiger partial charge in [0.05, 0.1) is 9.95 Å².